The monoisotopic (exact) mass is 286 g/mol. The van der Waals surface area contributed by atoms with Gasteiger partial charge >= 0.3 is 0 Å². The van der Waals surface area contributed by atoms with Crippen molar-refractivity contribution in [2.24, 2.45) is 11.8 Å². The second-order valence-electron chi connectivity index (χ2n) is 6.59. The van der Waals surface area contributed by atoms with Crippen molar-refractivity contribution in [1.29, 1.82) is 0 Å². The normalized spacial score (nSPS) is 20.9. The van der Waals surface area contributed by atoms with Gasteiger partial charge < -0.3 is 9.47 Å². The largest absolute Gasteiger partial charge is 0.379 e. The van der Waals surface area contributed by atoms with Crippen molar-refractivity contribution >= 4 is 0 Å². The Hall–Kier alpha value is -0.160. The van der Waals surface area contributed by atoms with Crippen molar-refractivity contribution in [1.82, 2.24) is 5.43 Å². The molecule has 1 rings (SSSR count). The lowest BCUT2D eigenvalue weighted by molar-refractivity contribution is -0.0316. The second-order valence-corrected chi connectivity index (χ2v) is 6.59. The molecule has 2 unspecified atom stereocenters. The highest BCUT2D eigenvalue weighted by Crippen LogP contribution is 2.31. The fourth-order valence-electron chi connectivity index (χ4n) is 3.18. The highest BCUT2D eigenvalue weighted by molar-refractivity contribution is 4.85. The van der Waals surface area contributed by atoms with Gasteiger partial charge in [-0.05, 0) is 52.4 Å². The Morgan fingerprint density at radius 1 is 1.25 bits per heavy atom. The van der Waals surface area contributed by atoms with Crippen molar-refractivity contribution in [3.05, 3.63) is 0 Å². The van der Waals surface area contributed by atoms with E-state index in [9.17, 15) is 0 Å². The third kappa shape index (κ3) is 5.68. The lowest BCUT2D eigenvalue weighted by Crippen LogP contribution is -2.49. The molecule has 0 radical (unpaired) electrons. The van der Waals surface area contributed by atoms with Crippen molar-refractivity contribution in [2.75, 3.05) is 13.7 Å². The van der Waals surface area contributed by atoms with E-state index in [0.29, 0.717) is 5.92 Å². The van der Waals surface area contributed by atoms with Gasteiger partial charge in [-0.3, -0.25) is 11.3 Å². The molecule has 1 aliphatic carbocycles. The van der Waals surface area contributed by atoms with Crippen LogP contribution in [0.4, 0.5) is 0 Å². The molecule has 1 saturated carbocycles. The molecule has 3 N–H and O–H groups in total. The van der Waals surface area contributed by atoms with E-state index in [1.165, 1.54) is 32.1 Å². The summed E-state index contributed by atoms with van der Waals surface area (Å²) in [5.41, 5.74) is 2.90. The van der Waals surface area contributed by atoms with Crippen LogP contribution in [0.15, 0.2) is 0 Å². The van der Waals surface area contributed by atoms with Crippen LogP contribution in [0.3, 0.4) is 0 Å². The number of hydrazine groups is 1. The molecule has 20 heavy (non-hydrogen) atoms. The van der Waals surface area contributed by atoms with Crippen molar-refractivity contribution < 1.29 is 9.47 Å². The van der Waals surface area contributed by atoms with Crippen molar-refractivity contribution in [2.45, 2.75) is 83.5 Å². The summed E-state index contributed by atoms with van der Waals surface area (Å²) in [6.45, 7) is 7.07. The fraction of sp³-hybridized carbons (Fsp3) is 1.00. The van der Waals surface area contributed by atoms with Crippen molar-refractivity contribution in [3.63, 3.8) is 0 Å². The first-order valence-electron chi connectivity index (χ1n) is 8.17. The van der Waals surface area contributed by atoms with Gasteiger partial charge in [-0.15, -0.1) is 0 Å². The molecule has 1 aliphatic rings. The van der Waals surface area contributed by atoms with Crippen molar-refractivity contribution in [3.8, 4) is 0 Å². The molecule has 4 nitrogen and oxygen atoms in total. The molecule has 0 aliphatic heterocycles. The van der Waals surface area contributed by atoms with Crippen LogP contribution in [-0.4, -0.2) is 31.5 Å². The highest BCUT2D eigenvalue weighted by atomic mass is 16.5. The molecule has 0 heterocycles. The Labute approximate surface area is 124 Å². The molecule has 120 valence electrons. The van der Waals surface area contributed by atoms with Crippen LogP contribution in [0.25, 0.3) is 0 Å². The zero-order valence-corrected chi connectivity index (χ0v) is 13.8. The minimum Gasteiger partial charge on any atom is -0.379 e. The van der Waals surface area contributed by atoms with Crippen LogP contribution in [0.5, 0.6) is 0 Å². The van der Waals surface area contributed by atoms with Gasteiger partial charge in [0.1, 0.15) is 0 Å². The minimum atomic E-state index is -0.0988. The Balaban J connectivity index is 2.60. The first-order chi connectivity index (χ1) is 9.54. The molecule has 1 fully saturated rings. The summed E-state index contributed by atoms with van der Waals surface area (Å²) in [6.07, 6.45) is 8.77. The van der Waals surface area contributed by atoms with Crippen LogP contribution in [0.1, 0.15) is 65.7 Å². The molecular formula is C16H34N2O2. The maximum Gasteiger partial charge on any atom is 0.0769 e. The van der Waals surface area contributed by atoms with Crippen LogP contribution >= 0.6 is 0 Å². The van der Waals surface area contributed by atoms with Gasteiger partial charge in [0.05, 0.1) is 11.7 Å². The van der Waals surface area contributed by atoms with E-state index < -0.39 is 0 Å². The van der Waals surface area contributed by atoms with E-state index >= 15 is 0 Å². The number of nitrogens with two attached hydrogens (primary N) is 1. The zero-order valence-electron chi connectivity index (χ0n) is 13.8. The van der Waals surface area contributed by atoms with E-state index in [-0.39, 0.29) is 17.7 Å². The fourth-order valence-corrected chi connectivity index (χ4v) is 3.18. The molecule has 0 amide bonds. The van der Waals surface area contributed by atoms with E-state index in [4.69, 9.17) is 15.3 Å². The highest BCUT2D eigenvalue weighted by Gasteiger charge is 2.31. The first kappa shape index (κ1) is 17.9. The molecule has 0 bridgehead atoms. The van der Waals surface area contributed by atoms with Gasteiger partial charge in [-0.2, -0.15) is 0 Å². The molecule has 0 aromatic rings. The van der Waals surface area contributed by atoms with E-state index in [1.54, 1.807) is 7.11 Å². The third-order valence-corrected chi connectivity index (χ3v) is 4.69. The molecule has 2 atom stereocenters. The average Bonchev–Trinajstić information content (AvgIpc) is 2.47. The Bertz CT molecular complexity index is 253. The van der Waals surface area contributed by atoms with E-state index in [0.717, 1.165) is 19.4 Å². The molecule has 0 aromatic carbocycles. The van der Waals surface area contributed by atoms with Crippen LogP contribution < -0.4 is 11.3 Å². The number of nitrogens with one attached hydrogen (secondary N) is 1. The topological polar surface area (TPSA) is 56.5 Å². The summed E-state index contributed by atoms with van der Waals surface area (Å²) in [4.78, 5) is 0. The van der Waals surface area contributed by atoms with Crippen LogP contribution in [-0.2, 0) is 9.47 Å². The summed E-state index contributed by atoms with van der Waals surface area (Å²) >= 11 is 0. The first-order valence-corrected chi connectivity index (χ1v) is 8.17. The number of hydrogen-bond donors (Lipinski definition) is 2. The van der Waals surface area contributed by atoms with Gasteiger partial charge in [0.15, 0.2) is 0 Å². The third-order valence-electron chi connectivity index (χ3n) is 4.69. The quantitative estimate of drug-likeness (QED) is 0.505. The van der Waals surface area contributed by atoms with E-state index in [1.807, 2.05) is 0 Å². The Kier molecular flexibility index (Phi) is 8.03. The van der Waals surface area contributed by atoms with Gasteiger partial charge in [-0.1, -0.05) is 19.3 Å². The molecule has 0 saturated heterocycles. The SMILES string of the molecule is CCOC(C1CCCCC1)C(CCC(C)(C)OC)NN. The number of ether oxygens (including phenoxy) is 2. The lowest BCUT2D eigenvalue weighted by atomic mass is 9.81. The van der Waals surface area contributed by atoms with Gasteiger partial charge in [0.2, 0.25) is 0 Å². The maximum absolute atomic E-state index is 6.05. The number of methoxy groups -OCH3 is 1. The Morgan fingerprint density at radius 2 is 1.90 bits per heavy atom. The van der Waals surface area contributed by atoms with Crippen LogP contribution in [0.2, 0.25) is 0 Å². The van der Waals surface area contributed by atoms with E-state index in [2.05, 4.69) is 26.2 Å². The summed E-state index contributed by atoms with van der Waals surface area (Å²) in [5, 5.41) is 0. The van der Waals surface area contributed by atoms with Gasteiger partial charge in [0.25, 0.3) is 0 Å². The second kappa shape index (κ2) is 8.98. The maximum atomic E-state index is 6.05. The molecular weight excluding hydrogens is 252 g/mol. The molecule has 4 heteroatoms. The Morgan fingerprint density at radius 3 is 2.40 bits per heavy atom. The lowest BCUT2D eigenvalue weighted by Gasteiger charge is -2.36. The summed E-state index contributed by atoms with van der Waals surface area (Å²) < 4.78 is 11.6. The predicted octanol–water partition coefficient (Wildman–Crippen LogP) is 3.01. The predicted molar refractivity (Wildman–Crippen MR) is 83.4 cm³/mol. The number of hydrogen-bond acceptors (Lipinski definition) is 4. The summed E-state index contributed by atoms with van der Waals surface area (Å²) in [7, 11) is 1.77. The summed E-state index contributed by atoms with van der Waals surface area (Å²) in [6, 6.07) is 0.215. The standard InChI is InChI=1S/C16H34N2O2/c1-5-20-15(13-9-7-6-8-10-13)14(18-17)11-12-16(2,3)19-4/h13-15,18H,5-12,17H2,1-4H3. The smallest absolute Gasteiger partial charge is 0.0769 e. The van der Waals surface area contributed by atoms with Gasteiger partial charge in [0, 0.05) is 19.8 Å². The van der Waals surface area contributed by atoms with Gasteiger partial charge in [-0.25, -0.2) is 0 Å². The average molecular weight is 286 g/mol. The summed E-state index contributed by atoms with van der Waals surface area (Å²) in [5.74, 6) is 6.46. The number of rotatable bonds is 9. The molecule has 0 aromatic heterocycles. The zero-order chi connectivity index (χ0) is 15.0. The molecule has 0 spiro atoms. The minimum absolute atomic E-state index is 0.0988. The van der Waals surface area contributed by atoms with Crippen LogP contribution in [0, 0.1) is 5.92 Å².